The van der Waals surface area contributed by atoms with Crippen molar-refractivity contribution < 1.29 is 9.47 Å². The molecule has 0 fully saturated rings. The van der Waals surface area contributed by atoms with Gasteiger partial charge in [-0.1, -0.05) is 12.1 Å². The number of aryl methyl sites for hydroxylation is 2. The molecule has 2 aliphatic heterocycles. The van der Waals surface area contributed by atoms with E-state index in [1.165, 1.54) is 11.1 Å². The van der Waals surface area contributed by atoms with E-state index < -0.39 is 0 Å². The minimum atomic E-state index is 0.206. The zero-order chi connectivity index (χ0) is 16.4. The lowest BCUT2D eigenvalue weighted by molar-refractivity contribution is 0.196. The molecule has 0 spiro atoms. The first-order chi connectivity index (χ1) is 11.8. The van der Waals surface area contributed by atoms with Crippen LogP contribution in [0.1, 0.15) is 24.0 Å². The molecular weight excluding hydrogens is 300 g/mol. The Morgan fingerprint density at radius 2 is 1.92 bits per heavy atom. The highest BCUT2D eigenvalue weighted by Gasteiger charge is 2.19. The van der Waals surface area contributed by atoms with Crippen LogP contribution in [0.5, 0.6) is 11.5 Å². The van der Waals surface area contributed by atoms with Crippen molar-refractivity contribution in [2.24, 2.45) is 0 Å². The summed E-state index contributed by atoms with van der Waals surface area (Å²) < 4.78 is 12.0. The number of nitrogens with one attached hydrogen (secondary N) is 2. The molecule has 1 unspecified atom stereocenters. The molecule has 0 saturated heterocycles. The van der Waals surface area contributed by atoms with Crippen molar-refractivity contribution in [3.05, 3.63) is 47.5 Å². The first-order valence-electron chi connectivity index (χ1n) is 8.79. The molecule has 0 amide bonds. The van der Waals surface area contributed by atoms with E-state index in [0.29, 0.717) is 0 Å². The maximum atomic E-state index is 6.16. The van der Waals surface area contributed by atoms with Crippen molar-refractivity contribution in [1.82, 2.24) is 0 Å². The van der Waals surface area contributed by atoms with Gasteiger partial charge in [0, 0.05) is 6.54 Å². The molecule has 0 aromatic heterocycles. The first-order valence-corrected chi connectivity index (χ1v) is 8.79. The van der Waals surface area contributed by atoms with Crippen LogP contribution in [0.4, 0.5) is 11.4 Å². The topological polar surface area (TPSA) is 42.5 Å². The lowest BCUT2D eigenvalue weighted by Crippen LogP contribution is -2.31. The van der Waals surface area contributed by atoms with Crippen LogP contribution < -0.4 is 20.1 Å². The van der Waals surface area contributed by atoms with Gasteiger partial charge < -0.3 is 20.1 Å². The third kappa shape index (κ3) is 3.28. The molecule has 0 radical (unpaired) electrons. The standard InChI is InChI=1S/C20H24N2O2/c1-14-3-7-18-20(11-14)24-16(13-22-18)6-4-15-5-8-17-19(12-15)23-10-2-9-21-17/h3,5,7-8,11-12,16,21-22H,2,4,6,9-10,13H2,1H3. The lowest BCUT2D eigenvalue weighted by atomic mass is 10.0. The van der Waals surface area contributed by atoms with Crippen molar-refractivity contribution in [3.8, 4) is 11.5 Å². The SMILES string of the molecule is Cc1ccc2c(c1)OC(CCc1ccc3c(c1)OCCCN3)CN2. The fourth-order valence-corrected chi connectivity index (χ4v) is 3.27. The molecule has 0 aliphatic carbocycles. The molecule has 4 heteroatoms. The van der Waals surface area contributed by atoms with Crippen LogP contribution in [0.25, 0.3) is 0 Å². The maximum absolute atomic E-state index is 6.16. The summed E-state index contributed by atoms with van der Waals surface area (Å²) in [5, 5.41) is 6.89. The molecule has 126 valence electrons. The number of benzene rings is 2. The maximum Gasteiger partial charge on any atom is 0.143 e. The average molecular weight is 324 g/mol. The fourth-order valence-electron chi connectivity index (χ4n) is 3.27. The van der Waals surface area contributed by atoms with Gasteiger partial charge in [0.2, 0.25) is 0 Å². The van der Waals surface area contributed by atoms with Crippen molar-refractivity contribution in [2.45, 2.75) is 32.3 Å². The summed E-state index contributed by atoms with van der Waals surface area (Å²) in [7, 11) is 0. The van der Waals surface area contributed by atoms with Crippen molar-refractivity contribution in [1.29, 1.82) is 0 Å². The summed E-state index contributed by atoms with van der Waals surface area (Å²) in [5.74, 6) is 1.95. The van der Waals surface area contributed by atoms with Crippen LogP contribution in [0.2, 0.25) is 0 Å². The Labute approximate surface area is 143 Å². The number of hydrogen-bond donors (Lipinski definition) is 2. The van der Waals surface area contributed by atoms with E-state index in [-0.39, 0.29) is 6.10 Å². The molecular formula is C20H24N2O2. The highest BCUT2D eigenvalue weighted by molar-refractivity contribution is 5.59. The van der Waals surface area contributed by atoms with E-state index in [9.17, 15) is 0 Å². The summed E-state index contributed by atoms with van der Waals surface area (Å²) in [6.07, 6.45) is 3.23. The number of fused-ring (bicyclic) bond motifs is 2. The van der Waals surface area contributed by atoms with Gasteiger partial charge in [0.25, 0.3) is 0 Å². The van der Waals surface area contributed by atoms with Crippen LogP contribution in [0.15, 0.2) is 36.4 Å². The summed E-state index contributed by atoms with van der Waals surface area (Å²) in [5.41, 5.74) is 4.74. The molecule has 2 aliphatic rings. The summed E-state index contributed by atoms with van der Waals surface area (Å²) in [4.78, 5) is 0. The van der Waals surface area contributed by atoms with Gasteiger partial charge in [0.05, 0.1) is 24.5 Å². The van der Waals surface area contributed by atoms with E-state index in [2.05, 4.69) is 54.0 Å². The Bertz CT molecular complexity index is 730. The second-order valence-electron chi connectivity index (χ2n) is 6.62. The predicted molar refractivity (Wildman–Crippen MR) is 97.4 cm³/mol. The van der Waals surface area contributed by atoms with Gasteiger partial charge in [0.1, 0.15) is 17.6 Å². The third-order valence-electron chi connectivity index (χ3n) is 4.65. The Morgan fingerprint density at radius 1 is 1.04 bits per heavy atom. The molecule has 1 atom stereocenters. The summed E-state index contributed by atoms with van der Waals surface area (Å²) >= 11 is 0. The van der Waals surface area contributed by atoms with Crippen LogP contribution in [-0.2, 0) is 6.42 Å². The second kappa shape index (κ2) is 6.63. The Morgan fingerprint density at radius 3 is 2.88 bits per heavy atom. The summed E-state index contributed by atoms with van der Waals surface area (Å²) in [6.45, 7) is 4.72. The van der Waals surface area contributed by atoms with Gasteiger partial charge in [-0.15, -0.1) is 0 Å². The average Bonchev–Trinajstić information content (AvgIpc) is 2.84. The van der Waals surface area contributed by atoms with Gasteiger partial charge >= 0.3 is 0 Å². The Balaban J connectivity index is 1.40. The highest BCUT2D eigenvalue weighted by atomic mass is 16.5. The van der Waals surface area contributed by atoms with Crippen molar-refractivity contribution in [3.63, 3.8) is 0 Å². The lowest BCUT2D eigenvalue weighted by Gasteiger charge is -2.27. The van der Waals surface area contributed by atoms with E-state index >= 15 is 0 Å². The summed E-state index contributed by atoms with van der Waals surface area (Å²) in [6, 6.07) is 12.8. The van der Waals surface area contributed by atoms with Crippen LogP contribution >= 0.6 is 0 Å². The molecule has 2 aromatic carbocycles. The molecule has 4 rings (SSSR count). The molecule has 4 nitrogen and oxygen atoms in total. The normalized spacial score (nSPS) is 18.8. The molecule has 0 saturated carbocycles. The zero-order valence-corrected chi connectivity index (χ0v) is 14.1. The van der Waals surface area contributed by atoms with Crippen LogP contribution in [0.3, 0.4) is 0 Å². The monoisotopic (exact) mass is 324 g/mol. The van der Waals surface area contributed by atoms with Gasteiger partial charge in [-0.05, 0) is 61.6 Å². The predicted octanol–water partition coefficient (Wildman–Crippen LogP) is 4.00. The van der Waals surface area contributed by atoms with E-state index in [1.807, 2.05) is 0 Å². The minimum absolute atomic E-state index is 0.206. The molecule has 0 bridgehead atoms. The molecule has 24 heavy (non-hydrogen) atoms. The number of ether oxygens (including phenoxy) is 2. The fraction of sp³-hybridized carbons (Fsp3) is 0.400. The van der Waals surface area contributed by atoms with E-state index in [0.717, 1.165) is 61.8 Å². The van der Waals surface area contributed by atoms with Gasteiger partial charge in [-0.2, -0.15) is 0 Å². The third-order valence-corrected chi connectivity index (χ3v) is 4.65. The Kier molecular flexibility index (Phi) is 4.20. The number of rotatable bonds is 3. The van der Waals surface area contributed by atoms with Crippen molar-refractivity contribution >= 4 is 11.4 Å². The van der Waals surface area contributed by atoms with Gasteiger partial charge in [0.15, 0.2) is 0 Å². The molecule has 2 N–H and O–H groups in total. The largest absolute Gasteiger partial charge is 0.491 e. The smallest absolute Gasteiger partial charge is 0.143 e. The second-order valence-corrected chi connectivity index (χ2v) is 6.62. The first kappa shape index (κ1) is 15.2. The van der Waals surface area contributed by atoms with Crippen LogP contribution in [0, 0.1) is 6.92 Å². The van der Waals surface area contributed by atoms with E-state index in [4.69, 9.17) is 9.47 Å². The highest BCUT2D eigenvalue weighted by Crippen LogP contribution is 2.32. The minimum Gasteiger partial charge on any atom is -0.491 e. The number of anilines is 2. The van der Waals surface area contributed by atoms with Gasteiger partial charge in [-0.25, -0.2) is 0 Å². The number of hydrogen-bond acceptors (Lipinski definition) is 4. The molecule has 2 aromatic rings. The zero-order valence-electron chi connectivity index (χ0n) is 14.1. The van der Waals surface area contributed by atoms with Gasteiger partial charge in [-0.3, -0.25) is 0 Å². The molecule has 2 heterocycles. The van der Waals surface area contributed by atoms with E-state index in [1.54, 1.807) is 0 Å². The van der Waals surface area contributed by atoms with Crippen molar-refractivity contribution in [2.75, 3.05) is 30.3 Å². The quantitative estimate of drug-likeness (QED) is 0.896. The Hall–Kier alpha value is -2.36. The van der Waals surface area contributed by atoms with Crippen LogP contribution in [-0.4, -0.2) is 25.8 Å².